The van der Waals surface area contributed by atoms with E-state index < -0.39 is 0 Å². The minimum absolute atomic E-state index is 0.0347. The van der Waals surface area contributed by atoms with Gasteiger partial charge in [0.25, 0.3) is 0 Å². The van der Waals surface area contributed by atoms with Gasteiger partial charge in [0.15, 0.2) is 11.5 Å². The van der Waals surface area contributed by atoms with Crippen molar-refractivity contribution in [3.05, 3.63) is 59.2 Å². The summed E-state index contributed by atoms with van der Waals surface area (Å²) in [4.78, 5) is 12.6. The summed E-state index contributed by atoms with van der Waals surface area (Å²) in [5.74, 6) is 1.57. The summed E-state index contributed by atoms with van der Waals surface area (Å²) in [6.07, 6.45) is 3.21. The summed E-state index contributed by atoms with van der Waals surface area (Å²) in [7, 11) is 0. The molecule has 0 radical (unpaired) electrons. The molecule has 1 aliphatic carbocycles. The van der Waals surface area contributed by atoms with Crippen LogP contribution >= 0.6 is 0 Å². The van der Waals surface area contributed by atoms with Crippen molar-refractivity contribution in [1.29, 1.82) is 0 Å². The van der Waals surface area contributed by atoms with Crippen LogP contribution in [0.15, 0.2) is 42.5 Å². The van der Waals surface area contributed by atoms with E-state index in [0.29, 0.717) is 6.54 Å². The summed E-state index contributed by atoms with van der Waals surface area (Å²) in [6, 6.07) is 14.1. The van der Waals surface area contributed by atoms with E-state index in [0.717, 1.165) is 36.3 Å². The summed E-state index contributed by atoms with van der Waals surface area (Å²) >= 11 is 0. The highest BCUT2D eigenvalue weighted by atomic mass is 16.7. The summed E-state index contributed by atoms with van der Waals surface area (Å²) in [5, 5.41) is 6.50. The topological polar surface area (TPSA) is 59.6 Å². The molecule has 1 heterocycles. The number of hydrogen-bond donors (Lipinski definition) is 2. The Kier molecular flexibility index (Phi) is 4.80. The van der Waals surface area contributed by atoms with E-state index in [1.165, 1.54) is 11.1 Å². The molecule has 2 aromatic rings. The van der Waals surface area contributed by atoms with Crippen LogP contribution < -0.4 is 20.1 Å². The van der Waals surface area contributed by atoms with Crippen LogP contribution in [0.3, 0.4) is 0 Å². The van der Waals surface area contributed by atoms with Crippen LogP contribution in [0, 0.1) is 0 Å². The molecular weight excluding hydrogens is 328 g/mol. The molecule has 1 amide bonds. The molecule has 2 N–H and O–H groups in total. The van der Waals surface area contributed by atoms with E-state index in [1.807, 2.05) is 31.2 Å². The first-order valence-electron chi connectivity index (χ1n) is 9.21. The highest BCUT2D eigenvalue weighted by molar-refractivity contribution is 5.81. The van der Waals surface area contributed by atoms with Crippen molar-refractivity contribution in [2.75, 3.05) is 6.79 Å². The van der Waals surface area contributed by atoms with Crippen molar-refractivity contribution >= 4 is 5.91 Å². The lowest BCUT2D eigenvalue weighted by atomic mass is 9.87. The predicted octanol–water partition coefficient (Wildman–Crippen LogP) is 3.09. The lowest BCUT2D eigenvalue weighted by molar-refractivity contribution is -0.123. The zero-order valence-electron chi connectivity index (χ0n) is 15.0. The average Bonchev–Trinajstić information content (AvgIpc) is 3.14. The number of hydrogen-bond acceptors (Lipinski definition) is 4. The van der Waals surface area contributed by atoms with Crippen LogP contribution in [0.5, 0.6) is 11.5 Å². The highest BCUT2D eigenvalue weighted by Gasteiger charge is 2.23. The molecule has 0 spiro atoms. The second kappa shape index (κ2) is 7.38. The number of amides is 1. The Morgan fingerprint density at radius 3 is 2.96 bits per heavy atom. The van der Waals surface area contributed by atoms with Crippen LogP contribution in [0.4, 0.5) is 0 Å². The van der Waals surface area contributed by atoms with E-state index in [1.54, 1.807) is 0 Å². The number of carbonyl (C=O) groups is 1. The van der Waals surface area contributed by atoms with Gasteiger partial charge in [0.2, 0.25) is 12.7 Å². The van der Waals surface area contributed by atoms with Gasteiger partial charge >= 0.3 is 0 Å². The molecule has 2 aliphatic rings. The van der Waals surface area contributed by atoms with Crippen LogP contribution in [0.2, 0.25) is 0 Å². The Labute approximate surface area is 153 Å². The first kappa shape index (κ1) is 16.9. The fraction of sp³-hybridized carbons (Fsp3) is 0.381. The fourth-order valence-electron chi connectivity index (χ4n) is 3.62. The minimum Gasteiger partial charge on any atom is -0.454 e. The molecule has 0 unspecified atom stereocenters. The Bertz CT molecular complexity index is 806. The van der Waals surface area contributed by atoms with Gasteiger partial charge < -0.3 is 20.1 Å². The van der Waals surface area contributed by atoms with Crippen LogP contribution in [0.1, 0.15) is 42.5 Å². The highest BCUT2D eigenvalue weighted by Crippen LogP contribution is 2.32. The maximum absolute atomic E-state index is 12.6. The maximum atomic E-state index is 12.6. The van der Waals surface area contributed by atoms with E-state index in [2.05, 4.69) is 28.8 Å². The molecule has 5 heteroatoms. The van der Waals surface area contributed by atoms with Gasteiger partial charge in [-0.3, -0.25) is 4.79 Å². The predicted molar refractivity (Wildman–Crippen MR) is 99.1 cm³/mol. The minimum atomic E-state index is -0.269. The normalized spacial score (nSPS) is 18.9. The molecule has 2 atom stereocenters. The summed E-state index contributed by atoms with van der Waals surface area (Å²) < 4.78 is 10.7. The molecule has 136 valence electrons. The van der Waals surface area contributed by atoms with E-state index in [4.69, 9.17) is 9.47 Å². The van der Waals surface area contributed by atoms with Gasteiger partial charge in [-0.1, -0.05) is 30.3 Å². The largest absolute Gasteiger partial charge is 0.454 e. The second-order valence-corrected chi connectivity index (χ2v) is 6.94. The standard InChI is InChI=1S/C21H24N2O3/c1-14(22-12-15-9-10-19-20(11-15)26-13-25-19)21(24)23-18-8-4-6-16-5-2-3-7-17(16)18/h2-3,5,7,9-11,14,18,22H,4,6,8,12-13H2,1H3,(H,23,24)/t14-,18-/m0/s1. The van der Waals surface area contributed by atoms with Gasteiger partial charge in [0.1, 0.15) is 0 Å². The second-order valence-electron chi connectivity index (χ2n) is 6.94. The molecule has 5 nitrogen and oxygen atoms in total. The molecular formula is C21H24N2O3. The summed E-state index contributed by atoms with van der Waals surface area (Å²) in [5.41, 5.74) is 3.68. The third-order valence-electron chi connectivity index (χ3n) is 5.13. The van der Waals surface area contributed by atoms with Gasteiger partial charge in [-0.2, -0.15) is 0 Å². The fourth-order valence-corrected chi connectivity index (χ4v) is 3.62. The van der Waals surface area contributed by atoms with Crippen LogP contribution in [-0.4, -0.2) is 18.7 Å². The lowest BCUT2D eigenvalue weighted by Gasteiger charge is -2.27. The van der Waals surface area contributed by atoms with Gasteiger partial charge in [-0.05, 0) is 55.0 Å². The Hall–Kier alpha value is -2.53. The summed E-state index contributed by atoms with van der Waals surface area (Å²) in [6.45, 7) is 2.78. The van der Waals surface area contributed by atoms with Crippen LogP contribution in [0.25, 0.3) is 0 Å². The number of nitrogens with one attached hydrogen (secondary N) is 2. The van der Waals surface area contributed by atoms with E-state index in [-0.39, 0.29) is 24.8 Å². The third kappa shape index (κ3) is 3.53. The Morgan fingerprint density at radius 2 is 2.04 bits per heavy atom. The van der Waals surface area contributed by atoms with Gasteiger partial charge in [-0.25, -0.2) is 0 Å². The Balaban J connectivity index is 1.34. The number of aryl methyl sites for hydroxylation is 1. The van der Waals surface area contributed by atoms with Gasteiger partial charge in [0, 0.05) is 6.54 Å². The first-order chi connectivity index (χ1) is 12.7. The molecule has 4 rings (SSSR count). The van der Waals surface area contributed by atoms with Crippen LogP contribution in [-0.2, 0) is 17.8 Å². The van der Waals surface area contributed by atoms with E-state index >= 15 is 0 Å². The molecule has 26 heavy (non-hydrogen) atoms. The van der Waals surface area contributed by atoms with E-state index in [9.17, 15) is 4.79 Å². The van der Waals surface area contributed by atoms with Crippen molar-refractivity contribution in [3.8, 4) is 11.5 Å². The van der Waals surface area contributed by atoms with Gasteiger partial charge in [0.05, 0.1) is 12.1 Å². The average molecular weight is 352 g/mol. The first-order valence-corrected chi connectivity index (χ1v) is 9.21. The molecule has 0 bridgehead atoms. The number of ether oxygens (including phenoxy) is 2. The Morgan fingerprint density at radius 1 is 1.19 bits per heavy atom. The monoisotopic (exact) mass is 352 g/mol. The number of rotatable bonds is 5. The quantitative estimate of drug-likeness (QED) is 0.868. The molecule has 0 fully saturated rings. The molecule has 0 saturated carbocycles. The number of carbonyl (C=O) groups excluding carboxylic acids is 1. The molecule has 0 aromatic heterocycles. The zero-order valence-corrected chi connectivity index (χ0v) is 15.0. The lowest BCUT2D eigenvalue weighted by Crippen LogP contribution is -2.43. The SMILES string of the molecule is C[C@H](NCc1ccc2c(c1)OCO2)C(=O)N[C@H]1CCCc2ccccc21. The zero-order chi connectivity index (χ0) is 17.9. The van der Waals surface area contributed by atoms with Crippen molar-refractivity contribution in [2.45, 2.75) is 44.8 Å². The molecule has 1 aliphatic heterocycles. The van der Waals surface area contributed by atoms with Gasteiger partial charge in [-0.15, -0.1) is 0 Å². The number of fused-ring (bicyclic) bond motifs is 2. The smallest absolute Gasteiger partial charge is 0.237 e. The number of benzene rings is 2. The molecule has 0 saturated heterocycles. The maximum Gasteiger partial charge on any atom is 0.237 e. The third-order valence-corrected chi connectivity index (χ3v) is 5.13. The van der Waals surface area contributed by atoms with Crippen molar-refractivity contribution in [2.24, 2.45) is 0 Å². The molecule has 2 aromatic carbocycles. The van der Waals surface area contributed by atoms with Crippen molar-refractivity contribution in [3.63, 3.8) is 0 Å². The van der Waals surface area contributed by atoms with Crippen molar-refractivity contribution < 1.29 is 14.3 Å². The van der Waals surface area contributed by atoms with Crippen molar-refractivity contribution in [1.82, 2.24) is 10.6 Å².